The number of hydrogen-bond donors (Lipinski definition) is 2. The summed E-state index contributed by atoms with van der Waals surface area (Å²) >= 11 is 0. The van der Waals surface area contributed by atoms with Gasteiger partial charge in [0.1, 0.15) is 0 Å². The van der Waals surface area contributed by atoms with E-state index < -0.39 is 0 Å². The summed E-state index contributed by atoms with van der Waals surface area (Å²) in [5, 5.41) is 13.6. The van der Waals surface area contributed by atoms with Crippen LogP contribution in [-0.2, 0) is 12.8 Å². The van der Waals surface area contributed by atoms with E-state index in [4.69, 9.17) is 0 Å². The van der Waals surface area contributed by atoms with Gasteiger partial charge in [0.05, 0.1) is 6.10 Å². The maximum absolute atomic E-state index is 10.2. The first-order valence-corrected chi connectivity index (χ1v) is 7.67. The Morgan fingerprint density at radius 3 is 2.63 bits per heavy atom. The van der Waals surface area contributed by atoms with Crippen LogP contribution in [0.5, 0.6) is 0 Å². The molecule has 0 spiro atoms. The zero-order valence-corrected chi connectivity index (χ0v) is 12.3. The van der Waals surface area contributed by atoms with Gasteiger partial charge >= 0.3 is 0 Å². The van der Waals surface area contributed by atoms with Crippen molar-refractivity contribution in [3.63, 3.8) is 0 Å². The first-order valence-electron chi connectivity index (χ1n) is 7.67. The Labute approximate surface area is 117 Å². The second-order valence-electron chi connectivity index (χ2n) is 6.14. The molecule has 1 aliphatic carbocycles. The number of hydrogen-bond acceptors (Lipinski definition) is 2. The van der Waals surface area contributed by atoms with E-state index in [-0.39, 0.29) is 6.10 Å². The molecule has 2 heteroatoms. The Morgan fingerprint density at radius 2 is 1.89 bits per heavy atom. The summed E-state index contributed by atoms with van der Waals surface area (Å²) in [6, 6.07) is 6.55. The molecule has 2 N–H and O–H groups in total. The molecule has 0 saturated carbocycles. The molecule has 0 aliphatic heterocycles. The van der Waals surface area contributed by atoms with Crippen molar-refractivity contribution in [2.45, 2.75) is 52.1 Å². The van der Waals surface area contributed by atoms with E-state index in [9.17, 15) is 5.11 Å². The highest BCUT2D eigenvalue weighted by Crippen LogP contribution is 2.25. The van der Waals surface area contributed by atoms with Gasteiger partial charge < -0.3 is 10.4 Å². The largest absolute Gasteiger partial charge is 0.388 e. The van der Waals surface area contributed by atoms with Crippen molar-refractivity contribution in [1.82, 2.24) is 5.32 Å². The van der Waals surface area contributed by atoms with Crippen molar-refractivity contribution < 1.29 is 5.11 Å². The van der Waals surface area contributed by atoms with Gasteiger partial charge in [-0.05, 0) is 67.8 Å². The highest BCUT2D eigenvalue weighted by molar-refractivity contribution is 5.34. The molecule has 1 unspecified atom stereocenters. The van der Waals surface area contributed by atoms with Crippen LogP contribution in [0, 0.1) is 5.92 Å². The van der Waals surface area contributed by atoms with E-state index in [1.807, 2.05) is 0 Å². The van der Waals surface area contributed by atoms with Crippen LogP contribution in [-0.4, -0.2) is 18.2 Å². The second kappa shape index (κ2) is 7.06. The van der Waals surface area contributed by atoms with Crippen LogP contribution in [0.1, 0.15) is 55.9 Å². The van der Waals surface area contributed by atoms with Crippen LogP contribution >= 0.6 is 0 Å². The monoisotopic (exact) mass is 261 g/mol. The SMILES string of the molecule is CC(C)CNCCC(O)c1ccc2c(c1)CCCC2. The summed E-state index contributed by atoms with van der Waals surface area (Å²) in [6.45, 7) is 6.31. The third-order valence-electron chi connectivity index (χ3n) is 3.90. The van der Waals surface area contributed by atoms with Crippen molar-refractivity contribution in [2.24, 2.45) is 5.92 Å². The summed E-state index contributed by atoms with van der Waals surface area (Å²) in [4.78, 5) is 0. The number of aliphatic hydroxyl groups excluding tert-OH is 1. The fourth-order valence-electron chi connectivity index (χ4n) is 2.76. The number of fused-ring (bicyclic) bond motifs is 1. The predicted octanol–water partition coefficient (Wildman–Crippen LogP) is 3.23. The molecule has 0 radical (unpaired) electrons. The summed E-state index contributed by atoms with van der Waals surface area (Å²) in [7, 11) is 0. The molecule has 0 bridgehead atoms. The van der Waals surface area contributed by atoms with Gasteiger partial charge in [0.2, 0.25) is 0 Å². The van der Waals surface area contributed by atoms with Gasteiger partial charge in [-0.3, -0.25) is 0 Å². The van der Waals surface area contributed by atoms with E-state index >= 15 is 0 Å². The first-order chi connectivity index (χ1) is 9.16. The molecule has 106 valence electrons. The van der Waals surface area contributed by atoms with Gasteiger partial charge in [0.15, 0.2) is 0 Å². The maximum atomic E-state index is 10.2. The third-order valence-corrected chi connectivity index (χ3v) is 3.90. The van der Waals surface area contributed by atoms with E-state index in [1.54, 1.807) is 0 Å². The molecular weight excluding hydrogens is 234 g/mol. The lowest BCUT2D eigenvalue weighted by Gasteiger charge is -2.19. The lowest BCUT2D eigenvalue weighted by Crippen LogP contribution is -2.22. The van der Waals surface area contributed by atoms with E-state index in [0.29, 0.717) is 5.92 Å². The summed E-state index contributed by atoms with van der Waals surface area (Å²) in [5.74, 6) is 0.667. The van der Waals surface area contributed by atoms with Crippen molar-refractivity contribution in [2.75, 3.05) is 13.1 Å². The van der Waals surface area contributed by atoms with Crippen LogP contribution in [0.4, 0.5) is 0 Å². The van der Waals surface area contributed by atoms with E-state index in [2.05, 4.69) is 37.4 Å². The average Bonchev–Trinajstić information content (AvgIpc) is 2.42. The molecule has 1 atom stereocenters. The van der Waals surface area contributed by atoms with Gasteiger partial charge in [0, 0.05) is 0 Å². The Hall–Kier alpha value is -0.860. The van der Waals surface area contributed by atoms with Crippen LogP contribution < -0.4 is 5.32 Å². The molecule has 19 heavy (non-hydrogen) atoms. The lowest BCUT2D eigenvalue weighted by atomic mass is 9.89. The summed E-state index contributed by atoms with van der Waals surface area (Å²) < 4.78 is 0. The zero-order valence-electron chi connectivity index (χ0n) is 12.3. The molecule has 0 saturated heterocycles. The van der Waals surface area contributed by atoms with Crippen LogP contribution in [0.15, 0.2) is 18.2 Å². The van der Waals surface area contributed by atoms with Crippen molar-refractivity contribution in [1.29, 1.82) is 0 Å². The normalized spacial score (nSPS) is 16.4. The quantitative estimate of drug-likeness (QED) is 0.771. The molecule has 0 aromatic heterocycles. The molecule has 1 aliphatic rings. The van der Waals surface area contributed by atoms with Crippen LogP contribution in [0.2, 0.25) is 0 Å². The Kier molecular flexibility index (Phi) is 5.41. The van der Waals surface area contributed by atoms with Crippen molar-refractivity contribution in [3.05, 3.63) is 34.9 Å². The minimum atomic E-state index is -0.327. The Balaban J connectivity index is 1.86. The smallest absolute Gasteiger partial charge is 0.0802 e. The number of rotatable bonds is 6. The second-order valence-corrected chi connectivity index (χ2v) is 6.14. The standard InChI is InChI=1S/C17H27NO/c1-13(2)12-18-10-9-17(19)16-8-7-14-5-3-4-6-15(14)11-16/h7-8,11,13,17-19H,3-6,9-10,12H2,1-2H3. The van der Waals surface area contributed by atoms with Crippen LogP contribution in [0.25, 0.3) is 0 Å². The van der Waals surface area contributed by atoms with E-state index in [1.165, 1.54) is 36.8 Å². The fraction of sp³-hybridized carbons (Fsp3) is 0.647. The number of aliphatic hydroxyl groups is 1. The van der Waals surface area contributed by atoms with Gasteiger partial charge in [-0.25, -0.2) is 0 Å². The van der Waals surface area contributed by atoms with Gasteiger partial charge in [-0.15, -0.1) is 0 Å². The van der Waals surface area contributed by atoms with Gasteiger partial charge in [-0.2, -0.15) is 0 Å². The number of benzene rings is 1. The van der Waals surface area contributed by atoms with Crippen molar-refractivity contribution >= 4 is 0 Å². The number of aryl methyl sites for hydroxylation is 2. The topological polar surface area (TPSA) is 32.3 Å². The highest BCUT2D eigenvalue weighted by Gasteiger charge is 2.13. The molecule has 2 nitrogen and oxygen atoms in total. The Morgan fingerprint density at radius 1 is 1.16 bits per heavy atom. The minimum Gasteiger partial charge on any atom is -0.388 e. The third kappa shape index (κ3) is 4.32. The number of nitrogens with one attached hydrogen (secondary N) is 1. The van der Waals surface area contributed by atoms with Gasteiger partial charge in [0.25, 0.3) is 0 Å². The summed E-state index contributed by atoms with van der Waals surface area (Å²) in [5.41, 5.74) is 4.03. The molecule has 1 aromatic carbocycles. The van der Waals surface area contributed by atoms with Crippen molar-refractivity contribution in [3.8, 4) is 0 Å². The van der Waals surface area contributed by atoms with Crippen LogP contribution in [0.3, 0.4) is 0 Å². The molecular formula is C17H27NO. The first kappa shape index (κ1) is 14.5. The fourth-order valence-corrected chi connectivity index (χ4v) is 2.76. The maximum Gasteiger partial charge on any atom is 0.0802 e. The predicted molar refractivity (Wildman–Crippen MR) is 80.4 cm³/mol. The van der Waals surface area contributed by atoms with E-state index in [0.717, 1.165) is 25.1 Å². The molecule has 0 heterocycles. The molecule has 2 rings (SSSR count). The molecule has 0 amide bonds. The molecule has 1 aromatic rings. The summed E-state index contributed by atoms with van der Waals surface area (Å²) in [6.07, 6.45) is 5.47. The molecule has 0 fully saturated rings. The minimum absolute atomic E-state index is 0.327. The highest BCUT2D eigenvalue weighted by atomic mass is 16.3. The average molecular weight is 261 g/mol. The Bertz CT molecular complexity index is 400. The van der Waals surface area contributed by atoms with Gasteiger partial charge in [-0.1, -0.05) is 32.0 Å². The zero-order chi connectivity index (χ0) is 13.7. The lowest BCUT2D eigenvalue weighted by molar-refractivity contribution is 0.166.